The highest BCUT2D eigenvalue weighted by atomic mass is 32.2. The molecule has 0 atom stereocenters. The van der Waals surface area contributed by atoms with Crippen LogP contribution in [-0.2, 0) is 0 Å². The van der Waals surface area contributed by atoms with E-state index in [0.717, 1.165) is 0 Å². The monoisotopic (exact) mass is 209 g/mol. The van der Waals surface area contributed by atoms with E-state index in [1.54, 1.807) is 0 Å². The van der Waals surface area contributed by atoms with Crippen molar-refractivity contribution < 1.29 is 0 Å². The van der Waals surface area contributed by atoms with Crippen LogP contribution in [0, 0.1) is 11.8 Å². The molecule has 1 aromatic heterocycles. The highest BCUT2D eigenvalue weighted by Crippen LogP contribution is 2.03. The van der Waals surface area contributed by atoms with E-state index in [-0.39, 0.29) is 5.56 Å². The third-order valence-corrected chi connectivity index (χ3v) is 2.06. The molecule has 0 saturated carbocycles. The molecule has 1 heterocycles. The minimum Gasteiger partial charge on any atom is -0.330 e. The first kappa shape index (κ1) is 10.8. The highest BCUT2D eigenvalue weighted by Gasteiger charge is 1.97. The summed E-state index contributed by atoms with van der Waals surface area (Å²) in [5, 5.41) is 0.597. The molecule has 5 heteroatoms. The van der Waals surface area contributed by atoms with Crippen molar-refractivity contribution in [3.05, 3.63) is 22.1 Å². The lowest BCUT2D eigenvalue weighted by molar-refractivity contribution is 0.932. The van der Waals surface area contributed by atoms with Crippen LogP contribution in [0.5, 0.6) is 0 Å². The second-order valence-electron chi connectivity index (χ2n) is 2.48. The normalized spacial score (nSPS) is 9.29. The molecule has 14 heavy (non-hydrogen) atoms. The van der Waals surface area contributed by atoms with Crippen LogP contribution in [-0.4, -0.2) is 22.8 Å². The number of nitrogens with zero attached hydrogens (tertiary/aromatic N) is 1. The maximum Gasteiger partial charge on any atom is 0.267 e. The Kier molecular flexibility index (Phi) is 4.23. The topological polar surface area (TPSA) is 71.8 Å². The third kappa shape index (κ3) is 2.91. The molecular weight excluding hydrogens is 198 g/mol. The van der Waals surface area contributed by atoms with Gasteiger partial charge < -0.3 is 10.7 Å². The summed E-state index contributed by atoms with van der Waals surface area (Å²) >= 11 is 1.39. The van der Waals surface area contributed by atoms with Crippen molar-refractivity contribution in [2.45, 2.75) is 11.6 Å². The molecule has 0 aliphatic carbocycles. The zero-order valence-corrected chi connectivity index (χ0v) is 8.65. The van der Waals surface area contributed by atoms with Gasteiger partial charge in [0.25, 0.3) is 5.56 Å². The number of nitrogens with two attached hydrogens (primary N) is 1. The van der Waals surface area contributed by atoms with E-state index < -0.39 is 0 Å². The van der Waals surface area contributed by atoms with E-state index in [2.05, 4.69) is 21.8 Å². The lowest BCUT2D eigenvalue weighted by Gasteiger charge is -1.93. The predicted octanol–water partition coefficient (Wildman–Crippen LogP) is 0.192. The Labute approximate surface area is 86.3 Å². The van der Waals surface area contributed by atoms with Crippen LogP contribution in [0.2, 0.25) is 0 Å². The summed E-state index contributed by atoms with van der Waals surface area (Å²) in [6, 6.07) is 0. The van der Waals surface area contributed by atoms with Gasteiger partial charge in [-0.1, -0.05) is 23.6 Å². The second kappa shape index (κ2) is 5.47. The zero-order chi connectivity index (χ0) is 10.4. The maximum absolute atomic E-state index is 11.4. The lowest BCUT2D eigenvalue weighted by Crippen LogP contribution is -2.11. The molecule has 3 N–H and O–H groups in total. The maximum atomic E-state index is 11.4. The molecule has 0 radical (unpaired) electrons. The number of hydrogen-bond acceptors (Lipinski definition) is 4. The van der Waals surface area contributed by atoms with Crippen LogP contribution in [0.25, 0.3) is 0 Å². The number of thioether (sulfide) groups is 1. The standard InChI is InChI=1S/C9H11N3OS/c1-14-9-11-6-7(8(13)12-9)4-2-3-5-10/h6H,3,5,10H2,1H3,(H,11,12,13). The number of aromatic amines is 1. The van der Waals surface area contributed by atoms with Crippen molar-refractivity contribution in [3.8, 4) is 11.8 Å². The van der Waals surface area contributed by atoms with Gasteiger partial charge in [-0.3, -0.25) is 4.79 Å². The fourth-order valence-electron chi connectivity index (χ4n) is 0.801. The molecule has 0 amide bonds. The van der Waals surface area contributed by atoms with Gasteiger partial charge in [-0.05, 0) is 6.26 Å². The van der Waals surface area contributed by atoms with Gasteiger partial charge in [-0.2, -0.15) is 0 Å². The Morgan fingerprint density at radius 1 is 1.71 bits per heavy atom. The minimum atomic E-state index is -0.200. The first-order valence-corrected chi connectivity index (χ1v) is 5.32. The summed E-state index contributed by atoms with van der Waals surface area (Å²) in [6.07, 6.45) is 3.91. The third-order valence-electron chi connectivity index (χ3n) is 1.46. The summed E-state index contributed by atoms with van der Waals surface area (Å²) in [4.78, 5) is 18.0. The van der Waals surface area contributed by atoms with Crippen molar-refractivity contribution >= 4 is 11.8 Å². The molecule has 0 bridgehead atoms. The van der Waals surface area contributed by atoms with Gasteiger partial charge in [0.1, 0.15) is 5.56 Å². The predicted molar refractivity (Wildman–Crippen MR) is 57.2 cm³/mol. The Balaban J connectivity index is 2.91. The largest absolute Gasteiger partial charge is 0.330 e. The number of hydrogen-bond donors (Lipinski definition) is 2. The van der Waals surface area contributed by atoms with Crippen LogP contribution in [0.3, 0.4) is 0 Å². The molecule has 0 aliphatic rings. The number of nitrogens with one attached hydrogen (secondary N) is 1. The van der Waals surface area contributed by atoms with Gasteiger partial charge in [0.15, 0.2) is 5.16 Å². The SMILES string of the molecule is CSc1ncc(C#CCCN)c(=O)[nH]1. The molecule has 0 unspecified atom stereocenters. The summed E-state index contributed by atoms with van der Waals surface area (Å²) in [6.45, 7) is 0.501. The van der Waals surface area contributed by atoms with Crippen molar-refractivity contribution in [2.75, 3.05) is 12.8 Å². The Morgan fingerprint density at radius 2 is 2.50 bits per heavy atom. The number of rotatable bonds is 2. The summed E-state index contributed by atoms with van der Waals surface area (Å²) in [5.74, 6) is 5.51. The molecule has 0 aromatic carbocycles. The van der Waals surface area contributed by atoms with Gasteiger partial charge in [0.2, 0.25) is 0 Å². The van der Waals surface area contributed by atoms with Crippen LogP contribution in [0.4, 0.5) is 0 Å². The molecule has 0 fully saturated rings. The van der Waals surface area contributed by atoms with E-state index in [1.807, 2.05) is 6.26 Å². The summed E-state index contributed by atoms with van der Waals surface area (Å²) in [5.41, 5.74) is 5.45. The Morgan fingerprint density at radius 3 is 3.07 bits per heavy atom. The second-order valence-corrected chi connectivity index (χ2v) is 3.27. The average Bonchev–Trinajstić information content (AvgIpc) is 2.20. The molecule has 1 aromatic rings. The first-order chi connectivity index (χ1) is 6.77. The van der Waals surface area contributed by atoms with Gasteiger partial charge in [0, 0.05) is 13.0 Å². The molecule has 74 valence electrons. The molecule has 0 spiro atoms. The Hall–Kier alpha value is -1.25. The fraction of sp³-hybridized carbons (Fsp3) is 0.333. The van der Waals surface area contributed by atoms with Crippen LogP contribution < -0.4 is 11.3 Å². The van der Waals surface area contributed by atoms with Crippen LogP contribution in [0.15, 0.2) is 16.1 Å². The molecule has 0 aliphatic heterocycles. The molecule has 4 nitrogen and oxygen atoms in total. The van der Waals surface area contributed by atoms with Crippen molar-refractivity contribution in [2.24, 2.45) is 5.73 Å². The summed E-state index contributed by atoms with van der Waals surface area (Å²) in [7, 11) is 0. The first-order valence-electron chi connectivity index (χ1n) is 4.10. The van der Waals surface area contributed by atoms with Crippen molar-refractivity contribution in [1.82, 2.24) is 9.97 Å². The van der Waals surface area contributed by atoms with Crippen LogP contribution in [0.1, 0.15) is 12.0 Å². The summed E-state index contributed by atoms with van der Waals surface area (Å²) < 4.78 is 0. The van der Waals surface area contributed by atoms with Crippen molar-refractivity contribution in [3.63, 3.8) is 0 Å². The number of H-pyrrole nitrogens is 1. The van der Waals surface area contributed by atoms with E-state index in [1.165, 1.54) is 18.0 Å². The zero-order valence-electron chi connectivity index (χ0n) is 7.83. The van der Waals surface area contributed by atoms with E-state index in [0.29, 0.717) is 23.7 Å². The molecule has 0 saturated heterocycles. The van der Waals surface area contributed by atoms with E-state index in [9.17, 15) is 4.79 Å². The molecular formula is C9H11N3OS. The van der Waals surface area contributed by atoms with E-state index >= 15 is 0 Å². The smallest absolute Gasteiger partial charge is 0.267 e. The lowest BCUT2D eigenvalue weighted by atomic mass is 10.3. The Bertz CT molecular complexity index is 416. The van der Waals surface area contributed by atoms with Gasteiger partial charge in [-0.15, -0.1) is 0 Å². The van der Waals surface area contributed by atoms with Gasteiger partial charge >= 0.3 is 0 Å². The molecule has 1 rings (SSSR count). The van der Waals surface area contributed by atoms with Gasteiger partial charge in [-0.25, -0.2) is 4.98 Å². The fourth-order valence-corrected chi connectivity index (χ4v) is 1.15. The van der Waals surface area contributed by atoms with Crippen molar-refractivity contribution in [1.29, 1.82) is 0 Å². The van der Waals surface area contributed by atoms with E-state index in [4.69, 9.17) is 5.73 Å². The number of aromatic nitrogens is 2. The van der Waals surface area contributed by atoms with Crippen LogP contribution >= 0.6 is 11.8 Å². The quantitative estimate of drug-likeness (QED) is 0.414. The highest BCUT2D eigenvalue weighted by molar-refractivity contribution is 7.98. The van der Waals surface area contributed by atoms with Gasteiger partial charge in [0.05, 0.1) is 6.20 Å². The minimum absolute atomic E-state index is 0.200. The average molecular weight is 209 g/mol.